The molecule has 0 aromatic heterocycles. The molecule has 0 unspecified atom stereocenters. The van der Waals surface area contributed by atoms with Crippen molar-refractivity contribution in [1.82, 2.24) is 0 Å². The first kappa shape index (κ1) is 84.2. The van der Waals surface area contributed by atoms with Crippen LogP contribution in [0, 0.1) is 0 Å². The van der Waals surface area contributed by atoms with Crippen LogP contribution in [0.5, 0.6) is 0 Å². The van der Waals surface area contributed by atoms with Gasteiger partial charge >= 0.3 is 0 Å². The molecule has 0 radical (unpaired) electrons. The molecule has 0 amide bonds. The molecule has 0 fully saturated rings. The zero-order valence-corrected chi connectivity index (χ0v) is 44.4. The van der Waals surface area contributed by atoms with Crippen LogP contribution in [-0.2, 0) is 9.47 Å². The van der Waals surface area contributed by atoms with Crippen LogP contribution in [0.2, 0.25) is 0 Å². The zero-order valence-electron chi connectivity index (χ0n) is 42.7. The van der Waals surface area contributed by atoms with E-state index in [1.54, 1.807) is 169 Å². The molecular weight excluding hydrogens is 819 g/mol. The summed E-state index contributed by atoms with van der Waals surface area (Å²) in [7, 11) is 20.3. The Morgan fingerprint density at radius 2 is 0.645 bits per heavy atom. The highest BCUT2D eigenvalue weighted by Gasteiger charge is 1.54. The molecule has 358 valence electrons. The molecule has 0 atom stereocenters. The summed E-state index contributed by atoms with van der Waals surface area (Å²) in [5.74, 6) is 0. The summed E-state index contributed by atoms with van der Waals surface area (Å²) >= 11 is 3.22. The maximum absolute atomic E-state index is 4.40. The van der Waals surface area contributed by atoms with Gasteiger partial charge in [0.25, 0.3) is 0 Å². The Kier molecular flexibility index (Phi) is 188. The van der Waals surface area contributed by atoms with Crippen LogP contribution in [0.1, 0.15) is 55.4 Å². The lowest BCUT2D eigenvalue weighted by Crippen LogP contribution is -1.71. The summed E-state index contributed by atoms with van der Waals surface area (Å²) in [6.45, 7) is 15.4. The fourth-order valence-electron chi connectivity index (χ4n) is 1.56. The Bertz CT molecular complexity index is 916. The quantitative estimate of drug-likeness (QED) is 0.114. The van der Waals surface area contributed by atoms with Crippen LogP contribution in [0.15, 0.2) is 126 Å². The molecule has 62 heavy (non-hydrogen) atoms. The van der Waals surface area contributed by atoms with Gasteiger partial charge in [0.2, 0.25) is 0 Å². The van der Waals surface area contributed by atoms with Crippen LogP contribution in [0.25, 0.3) is 0 Å². The number of hydrogen-bond acceptors (Lipinski definition) is 15. The predicted molar refractivity (Wildman–Crippen MR) is 302 cm³/mol. The van der Waals surface area contributed by atoms with Gasteiger partial charge in [-0.1, -0.05) is 42.5 Å². The van der Waals surface area contributed by atoms with E-state index in [1.165, 1.54) is 25.5 Å². The topological polar surface area (TPSA) is 179 Å². The highest BCUT2D eigenvalue weighted by molar-refractivity contribution is 8.11. The van der Waals surface area contributed by atoms with E-state index < -0.39 is 0 Å². The van der Waals surface area contributed by atoms with Crippen molar-refractivity contribution in [1.29, 1.82) is 0 Å². The molecule has 0 heterocycles. The van der Waals surface area contributed by atoms with Crippen molar-refractivity contribution in [2.75, 3.05) is 97.2 Å². The van der Waals surface area contributed by atoms with Gasteiger partial charge in [0.05, 0.1) is 25.3 Å². The molecule has 0 bridgehead atoms. The van der Waals surface area contributed by atoms with Crippen LogP contribution in [0.4, 0.5) is 0 Å². The lowest BCUT2D eigenvalue weighted by Gasteiger charge is -1.75. The number of aliphatic imine (C=N–C) groups is 13. The summed E-state index contributed by atoms with van der Waals surface area (Å²) in [6.07, 6.45) is 40.9. The van der Waals surface area contributed by atoms with Crippen molar-refractivity contribution in [3.8, 4) is 0 Å². The Labute approximate surface area is 390 Å². The van der Waals surface area contributed by atoms with E-state index in [-0.39, 0.29) is 0 Å². The third kappa shape index (κ3) is 281. The van der Waals surface area contributed by atoms with Crippen molar-refractivity contribution in [3.63, 3.8) is 0 Å². The molecule has 0 rings (SSSR count). The van der Waals surface area contributed by atoms with Crippen molar-refractivity contribution in [2.24, 2.45) is 64.9 Å². The minimum absolute atomic E-state index is 1.38. The van der Waals surface area contributed by atoms with Gasteiger partial charge in [0.1, 0.15) is 12.7 Å². The highest BCUT2D eigenvalue weighted by atomic mass is 32.2. The van der Waals surface area contributed by atoms with Crippen LogP contribution in [-0.4, -0.2) is 177 Å². The Hall–Kier alpha value is -5.29. The zero-order chi connectivity index (χ0) is 50.3. The largest absolute Gasteiger partial charge is 0.487 e. The van der Waals surface area contributed by atoms with Crippen molar-refractivity contribution < 1.29 is 9.47 Å². The summed E-state index contributed by atoms with van der Waals surface area (Å²) in [6, 6.07) is 0. The number of allylic oxidation sites excluding steroid dienone is 9. The molecule has 17 heteroatoms. The van der Waals surface area contributed by atoms with E-state index in [1.807, 2.05) is 123 Å². The Morgan fingerprint density at radius 1 is 0.339 bits per heavy atom. The monoisotopic (exact) mass is 908 g/mol. The van der Waals surface area contributed by atoms with Gasteiger partial charge in [-0.3, -0.25) is 64.9 Å². The van der Waals surface area contributed by atoms with Gasteiger partial charge in [0, 0.05) is 120 Å². The molecule has 0 aliphatic carbocycles. The fourth-order valence-corrected chi connectivity index (χ4v) is 1.98. The molecule has 0 aromatic rings. The Balaban J connectivity index is -0.0000000513. The third-order valence-corrected chi connectivity index (χ3v) is 4.45. The molecular formula is C45H89N13O2S2. The minimum atomic E-state index is 1.38. The molecule has 0 saturated carbocycles. The molecule has 0 spiro atoms. The van der Waals surface area contributed by atoms with E-state index in [9.17, 15) is 0 Å². The number of hydrogen-bond donors (Lipinski definition) is 0. The lowest BCUT2D eigenvalue weighted by atomic mass is 10.5. The summed E-state index contributed by atoms with van der Waals surface area (Å²) < 4.78 is 8.80. The standard InChI is InChI=1S/C6H10.3C5H9N.3C4H8N2.2C3H7NO.2C3H7NS/c1-3-5-6-4-2;2*1-3-4-5-6-2;1-3-5-6-4-2;1-5-3-4-6-2;2*1-3-6-4-5-2;4*1-4-3-5-2/h3-6H,1-2H3;3*3-5H,1-2H3;3*3-4H,1-2H3;4*3H,1-2H3. The molecule has 0 aromatic carbocycles. The molecule has 0 aliphatic heterocycles. The summed E-state index contributed by atoms with van der Waals surface area (Å²) in [5, 5.41) is 0. The summed E-state index contributed by atoms with van der Waals surface area (Å²) in [4.78, 5) is 47.5. The SMILES string of the molecule is CC=CC=CC.CC=CC=NC.CC=CC=NC.CC=CN=CC.CC=NC=NC.CC=NC=NC.CN=CC=NC.CN=COC.CN=COC.CN=CSC.CN=CSC. The number of rotatable bonds is 11. The average molecular weight is 908 g/mol. The number of thioether (sulfide) groups is 2. The second-order valence-electron chi connectivity index (χ2n) is 8.58. The first-order valence-corrected chi connectivity index (χ1v) is 21.4. The molecule has 15 nitrogen and oxygen atoms in total. The maximum Gasteiger partial charge on any atom is 0.168 e. The van der Waals surface area contributed by atoms with Gasteiger partial charge in [-0.05, 0) is 80.1 Å². The molecule has 0 aliphatic rings. The van der Waals surface area contributed by atoms with E-state index in [2.05, 4.69) is 74.4 Å². The first-order chi connectivity index (χ1) is 30.1. The van der Waals surface area contributed by atoms with Gasteiger partial charge in [0.15, 0.2) is 12.8 Å². The van der Waals surface area contributed by atoms with Crippen molar-refractivity contribution in [2.45, 2.75) is 55.4 Å². The van der Waals surface area contributed by atoms with Crippen molar-refractivity contribution in [3.05, 3.63) is 60.9 Å². The smallest absolute Gasteiger partial charge is 0.168 e. The average Bonchev–Trinajstić information content (AvgIpc) is 3.29. The minimum Gasteiger partial charge on any atom is -0.487 e. The van der Waals surface area contributed by atoms with Crippen molar-refractivity contribution >= 4 is 104 Å². The van der Waals surface area contributed by atoms with E-state index >= 15 is 0 Å². The predicted octanol–water partition coefficient (Wildman–Crippen LogP) is 10.7. The van der Waals surface area contributed by atoms with Crippen LogP contribution < -0.4 is 0 Å². The highest BCUT2D eigenvalue weighted by Crippen LogP contribution is 1.79. The van der Waals surface area contributed by atoms with Gasteiger partial charge in [-0.15, -0.1) is 23.5 Å². The molecule has 0 saturated heterocycles. The normalized spacial score (nSPS) is 11.0. The van der Waals surface area contributed by atoms with E-state index in [0.717, 1.165) is 0 Å². The number of methoxy groups -OCH3 is 2. The fraction of sp³-hybridized carbons (Fsp3) is 0.489. The second-order valence-corrected chi connectivity index (χ2v) is 9.95. The third-order valence-electron chi connectivity index (χ3n) is 3.61. The number of nitrogens with zero attached hydrogens (tertiary/aromatic N) is 13. The lowest BCUT2D eigenvalue weighted by molar-refractivity contribution is 0.422. The maximum atomic E-state index is 4.40. The van der Waals surface area contributed by atoms with Crippen LogP contribution >= 0.6 is 23.5 Å². The summed E-state index contributed by atoms with van der Waals surface area (Å²) in [5.41, 5.74) is 3.58. The van der Waals surface area contributed by atoms with Crippen LogP contribution in [0.3, 0.4) is 0 Å². The second kappa shape index (κ2) is 138. The van der Waals surface area contributed by atoms with E-state index in [4.69, 9.17) is 0 Å². The van der Waals surface area contributed by atoms with Gasteiger partial charge < -0.3 is 9.47 Å². The molecule has 0 N–H and O–H groups in total. The van der Waals surface area contributed by atoms with E-state index in [0.29, 0.717) is 0 Å². The van der Waals surface area contributed by atoms with Gasteiger partial charge in [-0.2, -0.15) is 0 Å². The van der Waals surface area contributed by atoms with Gasteiger partial charge in [-0.25, -0.2) is 0 Å². The number of ether oxygens (including phenoxy) is 2. The first-order valence-electron chi connectivity index (χ1n) is 18.8. The Morgan fingerprint density at radius 3 is 0.726 bits per heavy atom.